The minimum absolute atomic E-state index is 0.293. The Kier molecular flexibility index (Phi) is 5.01. The molecule has 0 unspecified atom stereocenters. The first-order valence-electron chi connectivity index (χ1n) is 3.16. The summed E-state index contributed by atoms with van der Waals surface area (Å²) >= 11 is 0. The number of hydroxylamine groups is 1. The second-order valence-electron chi connectivity index (χ2n) is 2.06. The van der Waals surface area contributed by atoms with E-state index >= 15 is 0 Å². The molecule has 0 fully saturated rings. The molecule has 8 heavy (non-hydrogen) atoms. The lowest BCUT2D eigenvalue weighted by Gasteiger charge is -2.05. The van der Waals surface area contributed by atoms with Crippen molar-refractivity contribution in [3.63, 3.8) is 0 Å². The Hall–Kier alpha value is -0.0800. The van der Waals surface area contributed by atoms with Crippen molar-refractivity contribution in [3.05, 3.63) is 0 Å². The van der Waals surface area contributed by atoms with Crippen molar-refractivity contribution < 1.29 is 4.84 Å². The van der Waals surface area contributed by atoms with Crippen LogP contribution in [0.3, 0.4) is 0 Å². The van der Waals surface area contributed by atoms with Crippen LogP contribution in [-0.4, -0.2) is 12.6 Å². The Labute approximate surface area is 51.2 Å². The van der Waals surface area contributed by atoms with Gasteiger partial charge in [0.05, 0.1) is 6.10 Å². The van der Waals surface area contributed by atoms with Crippen LogP contribution in [0.25, 0.3) is 0 Å². The van der Waals surface area contributed by atoms with E-state index < -0.39 is 0 Å². The quantitative estimate of drug-likeness (QED) is 0.443. The predicted octanol–water partition coefficient (Wildman–Crippen LogP) is 1.33. The third kappa shape index (κ3) is 5.92. The van der Waals surface area contributed by atoms with Crippen molar-refractivity contribution in [2.24, 2.45) is 0 Å². The van der Waals surface area contributed by atoms with Crippen LogP contribution < -0.4 is 5.48 Å². The average molecular weight is 117 g/mol. The van der Waals surface area contributed by atoms with Gasteiger partial charge in [0.1, 0.15) is 0 Å². The van der Waals surface area contributed by atoms with E-state index in [0.717, 1.165) is 13.0 Å². The van der Waals surface area contributed by atoms with Crippen molar-refractivity contribution in [1.82, 2.24) is 5.48 Å². The molecule has 50 valence electrons. The van der Waals surface area contributed by atoms with E-state index in [1.807, 2.05) is 13.8 Å². The van der Waals surface area contributed by atoms with Gasteiger partial charge in [0.2, 0.25) is 0 Å². The second kappa shape index (κ2) is 5.06. The molecule has 0 rings (SSSR count). The third-order valence-corrected chi connectivity index (χ3v) is 0.671. The molecule has 0 aromatic heterocycles. The zero-order valence-corrected chi connectivity index (χ0v) is 5.90. The summed E-state index contributed by atoms with van der Waals surface area (Å²) in [7, 11) is 0. The van der Waals surface area contributed by atoms with Crippen LogP contribution in [0.5, 0.6) is 0 Å². The summed E-state index contributed by atoms with van der Waals surface area (Å²) in [6, 6.07) is 0. The number of rotatable bonds is 4. The molecule has 1 N–H and O–H groups in total. The van der Waals surface area contributed by atoms with Gasteiger partial charge in [0, 0.05) is 6.54 Å². The molecular formula is C6H15NO. The van der Waals surface area contributed by atoms with E-state index in [0.29, 0.717) is 6.10 Å². The van der Waals surface area contributed by atoms with Crippen molar-refractivity contribution in [2.75, 3.05) is 6.54 Å². The van der Waals surface area contributed by atoms with Crippen molar-refractivity contribution in [3.8, 4) is 0 Å². The average Bonchev–Trinajstić information content (AvgIpc) is 1.66. The summed E-state index contributed by atoms with van der Waals surface area (Å²) < 4.78 is 0. The van der Waals surface area contributed by atoms with Gasteiger partial charge in [-0.15, -0.1) is 0 Å². The summed E-state index contributed by atoms with van der Waals surface area (Å²) in [5.41, 5.74) is 2.83. The molecule has 0 aromatic rings. The summed E-state index contributed by atoms with van der Waals surface area (Å²) in [6.45, 7) is 7.06. The van der Waals surface area contributed by atoms with Gasteiger partial charge in [0.15, 0.2) is 0 Å². The molecule has 2 nitrogen and oxygen atoms in total. The summed E-state index contributed by atoms with van der Waals surface area (Å²) in [6.07, 6.45) is 1.41. The highest BCUT2D eigenvalue weighted by molar-refractivity contribution is 4.32. The maximum Gasteiger partial charge on any atom is 0.0734 e. The van der Waals surface area contributed by atoms with Crippen molar-refractivity contribution >= 4 is 0 Å². The third-order valence-electron chi connectivity index (χ3n) is 0.671. The van der Waals surface area contributed by atoms with Gasteiger partial charge < -0.3 is 0 Å². The van der Waals surface area contributed by atoms with Gasteiger partial charge in [0.25, 0.3) is 0 Å². The fraction of sp³-hybridized carbons (Fsp3) is 1.00. The fourth-order valence-electron chi connectivity index (χ4n) is 0.328. The highest BCUT2D eigenvalue weighted by Gasteiger charge is 1.88. The summed E-state index contributed by atoms with van der Waals surface area (Å²) in [4.78, 5) is 5.03. The normalized spacial score (nSPS) is 10.5. The largest absolute Gasteiger partial charge is 0.299 e. The van der Waals surface area contributed by atoms with Crippen molar-refractivity contribution in [2.45, 2.75) is 33.3 Å². The van der Waals surface area contributed by atoms with Crippen LogP contribution in [0.15, 0.2) is 0 Å². The molecule has 2 heteroatoms. The standard InChI is InChI=1S/C6H15NO/c1-4-5-7-8-6(2)3/h6-7H,4-5H2,1-3H3. The van der Waals surface area contributed by atoms with Gasteiger partial charge in [-0.2, -0.15) is 0 Å². The minimum Gasteiger partial charge on any atom is -0.299 e. The first-order chi connectivity index (χ1) is 3.77. The topological polar surface area (TPSA) is 21.3 Å². The molecule has 0 aliphatic heterocycles. The molecule has 0 heterocycles. The van der Waals surface area contributed by atoms with Crippen LogP contribution in [0.4, 0.5) is 0 Å². The van der Waals surface area contributed by atoms with Crippen LogP contribution >= 0.6 is 0 Å². The molecule has 0 aromatic carbocycles. The first kappa shape index (κ1) is 7.92. The fourth-order valence-corrected chi connectivity index (χ4v) is 0.328. The van der Waals surface area contributed by atoms with E-state index in [2.05, 4.69) is 12.4 Å². The van der Waals surface area contributed by atoms with E-state index in [4.69, 9.17) is 4.84 Å². The molecule has 0 spiro atoms. The van der Waals surface area contributed by atoms with Gasteiger partial charge in [-0.25, -0.2) is 5.48 Å². The van der Waals surface area contributed by atoms with Crippen LogP contribution in [0.1, 0.15) is 27.2 Å². The Morgan fingerprint density at radius 2 is 2.12 bits per heavy atom. The number of nitrogens with one attached hydrogen (secondary N) is 1. The number of hydrogen-bond donors (Lipinski definition) is 1. The number of hydrogen-bond acceptors (Lipinski definition) is 2. The van der Waals surface area contributed by atoms with Crippen LogP contribution in [0, 0.1) is 0 Å². The monoisotopic (exact) mass is 117 g/mol. The Morgan fingerprint density at radius 1 is 1.50 bits per heavy atom. The Morgan fingerprint density at radius 3 is 2.50 bits per heavy atom. The summed E-state index contributed by atoms with van der Waals surface area (Å²) in [5.74, 6) is 0. The van der Waals surface area contributed by atoms with Crippen LogP contribution in [-0.2, 0) is 4.84 Å². The molecule has 0 amide bonds. The highest BCUT2D eigenvalue weighted by atomic mass is 16.7. The summed E-state index contributed by atoms with van der Waals surface area (Å²) in [5, 5.41) is 0. The van der Waals surface area contributed by atoms with E-state index in [1.54, 1.807) is 0 Å². The highest BCUT2D eigenvalue weighted by Crippen LogP contribution is 1.81. The molecule has 0 atom stereocenters. The molecule has 0 bridgehead atoms. The maximum atomic E-state index is 5.03. The van der Waals surface area contributed by atoms with Gasteiger partial charge >= 0.3 is 0 Å². The van der Waals surface area contributed by atoms with Gasteiger partial charge in [-0.1, -0.05) is 6.92 Å². The second-order valence-corrected chi connectivity index (χ2v) is 2.06. The lowest BCUT2D eigenvalue weighted by Crippen LogP contribution is -2.19. The smallest absolute Gasteiger partial charge is 0.0734 e. The molecular weight excluding hydrogens is 102 g/mol. The van der Waals surface area contributed by atoms with Gasteiger partial charge in [-0.3, -0.25) is 4.84 Å². The maximum absolute atomic E-state index is 5.03. The molecule has 0 saturated carbocycles. The molecule has 0 saturated heterocycles. The minimum atomic E-state index is 0.293. The van der Waals surface area contributed by atoms with E-state index in [9.17, 15) is 0 Å². The van der Waals surface area contributed by atoms with Crippen molar-refractivity contribution in [1.29, 1.82) is 0 Å². The van der Waals surface area contributed by atoms with Gasteiger partial charge in [-0.05, 0) is 20.3 Å². The SMILES string of the molecule is CCCNOC(C)C. The van der Waals surface area contributed by atoms with E-state index in [1.165, 1.54) is 0 Å². The van der Waals surface area contributed by atoms with E-state index in [-0.39, 0.29) is 0 Å². The zero-order valence-electron chi connectivity index (χ0n) is 5.90. The zero-order chi connectivity index (χ0) is 6.41. The van der Waals surface area contributed by atoms with Crippen LogP contribution in [0.2, 0.25) is 0 Å². The molecule has 0 radical (unpaired) electrons. The Bertz CT molecular complexity index is 45.8. The first-order valence-corrected chi connectivity index (χ1v) is 3.16. The lowest BCUT2D eigenvalue weighted by molar-refractivity contribution is -0.00446. The molecule has 0 aliphatic rings. The Balaban J connectivity index is 2.72. The molecule has 0 aliphatic carbocycles. The lowest BCUT2D eigenvalue weighted by atomic mass is 10.5. The predicted molar refractivity (Wildman–Crippen MR) is 34.5 cm³/mol.